The normalized spacial score (nSPS) is 15.5. The first-order chi connectivity index (χ1) is 4.83. The van der Waals surface area contributed by atoms with Crippen molar-refractivity contribution in [3.8, 4) is 6.07 Å². The molecule has 0 radical (unpaired) electrons. The van der Waals surface area contributed by atoms with Gasteiger partial charge in [-0.1, -0.05) is 0 Å². The van der Waals surface area contributed by atoms with Crippen LogP contribution in [0.1, 0.15) is 12.8 Å². The van der Waals surface area contributed by atoms with Gasteiger partial charge in [-0.2, -0.15) is 5.26 Å². The summed E-state index contributed by atoms with van der Waals surface area (Å²) >= 11 is 0. The summed E-state index contributed by atoms with van der Waals surface area (Å²) < 4.78 is 0. The van der Waals surface area contributed by atoms with Crippen LogP contribution in [-0.4, -0.2) is 18.6 Å². The van der Waals surface area contributed by atoms with Crippen LogP contribution in [0.25, 0.3) is 0 Å². The third-order valence-electron chi connectivity index (χ3n) is 1.24. The molecule has 0 aromatic carbocycles. The molecule has 0 heterocycles. The van der Waals surface area contributed by atoms with Gasteiger partial charge in [0.25, 0.3) is 0 Å². The van der Waals surface area contributed by atoms with Crippen molar-refractivity contribution in [1.29, 1.82) is 5.26 Å². The molecule has 2 amide bonds. The molecule has 1 aliphatic rings. The Morgan fingerprint density at radius 1 is 1.70 bits per heavy atom. The van der Waals surface area contributed by atoms with Crippen molar-refractivity contribution in [2.45, 2.75) is 18.9 Å². The van der Waals surface area contributed by atoms with E-state index in [1.807, 2.05) is 6.07 Å². The molecule has 0 aromatic heterocycles. The lowest BCUT2D eigenvalue weighted by atomic mass is 10.6. The van der Waals surface area contributed by atoms with Gasteiger partial charge in [-0.3, -0.25) is 0 Å². The lowest BCUT2D eigenvalue weighted by Gasteiger charge is -2.00. The summed E-state index contributed by atoms with van der Waals surface area (Å²) in [4.78, 5) is 10.7. The monoisotopic (exact) mass is 139 g/mol. The van der Waals surface area contributed by atoms with Gasteiger partial charge in [-0.05, 0) is 12.8 Å². The molecule has 1 rings (SSSR count). The highest BCUT2D eigenvalue weighted by molar-refractivity contribution is 5.74. The van der Waals surface area contributed by atoms with E-state index in [0.717, 1.165) is 12.8 Å². The van der Waals surface area contributed by atoms with Crippen LogP contribution in [0.2, 0.25) is 0 Å². The van der Waals surface area contributed by atoms with E-state index in [4.69, 9.17) is 5.26 Å². The van der Waals surface area contributed by atoms with E-state index in [9.17, 15) is 4.79 Å². The average Bonchev–Trinajstić information content (AvgIpc) is 2.67. The van der Waals surface area contributed by atoms with E-state index in [-0.39, 0.29) is 12.6 Å². The number of amides is 2. The van der Waals surface area contributed by atoms with Gasteiger partial charge in [0.15, 0.2) is 0 Å². The lowest BCUT2D eigenvalue weighted by Crippen LogP contribution is -2.36. The molecule has 0 unspecified atom stereocenters. The molecule has 54 valence electrons. The number of nitrogens with one attached hydrogen (secondary N) is 2. The maximum absolute atomic E-state index is 10.7. The number of nitriles is 1. The first-order valence-electron chi connectivity index (χ1n) is 3.24. The molecule has 0 atom stereocenters. The molecule has 0 saturated heterocycles. The molecule has 0 aromatic rings. The average molecular weight is 139 g/mol. The molecule has 1 aliphatic carbocycles. The molecule has 0 bridgehead atoms. The Morgan fingerprint density at radius 3 is 2.90 bits per heavy atom. The molecule has 1 saturated carbocycles. The van der Waals surface area contributed by atoms with Crippen LogP contribution in [0.3, 0.4) is 0 Å². The van der Waals surface area contributed by atoms with E-state index < -0.39 is 0 Å². The van der Waals surface area contributed by atoms with Crippen LogP contribution in [0.15, 0.2) is 0 Å². The predicted octanol–water partition coefficient (Wildman–Crippen LogP) is -0.0284. The largest absolute Gasteiger partial charge is 0.335 e. The Labute approximate surface area is 59.2 Å². The Balaban J connectivity index is 2.03. The van der Waals surface area contributed by atoms with Crippen LogP contribution in [0.5, 0.6) is 0 Å². The van der Waals surface area contributed by atoms with Crippen molar-refractivity contribution >= 4 is 6.03 Å². The fourth-order valence-electron chi connectivity index (χ4n) is 0.584. The van der Waals surface area contributed by atoms with Gasteiger partial charge < -0.3 is 10.6 Å². The van der Waals surface area contributed by atoms with Crippen molar-refractivity contribution < 1.29 is 4.79 Å². The van der Waals surface area contributed by atoms with Crippen molar-refractivity contribution in [3.05, 3.63) is 0 Å². The highest BCUT2D eigenvalue weighted by Gasteiger charge is 2.22. The van der Waals surface area contributed by atoms with Crippen LogP contribution < -0.4 is 10.6 Å². The van der Waals surface area contributed by atoms with E-state index >= 15 is 0 Å². The van der Waals surface area contributed by atoms with Crippen molar-refractivity contribution in [1.82, 2.24) is 10.6 Å². The highest BCUT2D eigenvalue weighted by atomic mass is 16.2. The SMILES string of the molecule is N#CCNC(=O)NC1CC1. The lowest BCUT2D eigenvalue weighted by molar-refractivity contribution is 0.241. The third-order valence-corrected chi connectivity index (χ3v) is 1.24. The first-order valence-corrected chi connectivity index (χ1v) is 3.24. The summed E-state index contributed by atoms with van der Waals surface area (Å²) in [7, 11) is 0. The number of rotatable bonds is 2. The Kier molecular flexibility index (Phi) is 2.11. The summed E-state index contributed by atoms with van der Waals surface area (Å²) in [6.45, 7) is 0.0819. The van der Waals surface area contributed by atoms with Crippen molar-refractivity contribution in [2.75, 3.05) is 6.54 Å². The maximum Gasteiger partial charge on any atom is 0.315 e. The number of carbonyl (C=O) groups is 1. The summed E-state index contributed by atoms with van der Waals surface area (Å²) in [6, 6.07) is 1.95. The quantitative estimate of drug-likeness (QED) is 0.528. The van der Waals surface area contributed by atoms with Gasteiger partial charge in [-0.25, -0.2) is 4.79 Å². The number of carbonyl (C=O) groups excluding carboxylic acids is 1. The van der Waals surface area contributed by atoms with E-state index in [1.54, 1.807) is 0 Å². The number of hydrogen-bond acceptors (Lipinski definition) is 2. The van der Waals surface area contributed by atoms with E-state index in [0.29, 0.717) is 6.04 Å². The highest BCUT2D eigenvalue weighted by Crippen LogP contribution is 2.17. The standard InChI is InChI=1S/C6H9N3O/c7-3-4-8-6(10)9-5-1-2-5/h5H,1-2,4H2,(H2,8,9,10). The summed E-state index contributed by atoms with van der Waals surface area (Å²) in [5.41, 5.74) is 0. The maximum atomic E-state index is 10.7. The molecular formula is C6H9N3O. The van der Waals surface area contributed by atoms with Crippen molar-refractivity contribution in [3.63, 3.8) is 0 Å². The first kappa shape index (κ1) is 6.87. The zero-order valence-corrected chi connectivity index (χ0v) is 5.55. The van der Waals surface area contributed by atoms with Crippen LogP contribution in [0.4, 0.5) is 4.79 Å². The minimum Gasteiger partial charge on any atom is -0.335 e. The van der Waals surface area contributed by atoms with Gasteiger partial charge >= 0.3 is 6.03 Å². The minimum absolute atomic E-state index is 0.0819. The molecule has 0 aliphatic heterocycles. The number of nitrogens with zero attached hydrogens (tertiary/aromatic N) is 1. The topological polar surface area (TPSA) is 64.9 Å². The number of urea groups is 1. The Bertz CT molecular complexity index is 168. The minimum atomic E-state index is -0.232. The van der Waals surface area contributed by atoms with Crippen LogP contribution in [-0.2, 0) is 0 Å². The van der Waals surface area contributed by atoms with Gasteiger partial charge in [0, 0.05) is 6.04 Å². The van der Waals surface area contributed by atoms with E-state index in [1.165, 1.54) is 0 Å². The van der Waals surface area contributed by atoms with Crippen molar-refractivity contribution in [2.24, 2.45) is 0 Å². The zero-order chi connectivity index (χ0) is 7.40. The molecule has 2 N–H and O–H groups in total. The molecule has 4 nitrogen and oxygen atoms in total. The third kappa shape index (κ3) is 2.35. The fraction of sp³-hybridized carbons (Fsp3) is 0.667. The second kappa shape index (κ2) is 3.06. The summed E-state index contributed by atoms with van der Waals surface area (Å²) in [6.07, 6.45) is 2.14. The summed E-state index contributed by atoms with van der Waals surface area (Å²) in [5.74, 6) is 0. The fourth-order valence-corrected chi connectivity index (χ4v) is 0.584. The second-order valence-corrected chi connectivity index (χ2v) is 2.26. The molecule has 4 heteroatoms. The smallest absolute Gasteiger partial charge is 0.315 e. The zero-order valence-electron chi connectivity index (χ0n) is 5.55. The molecule has 0 spiro atoms. The van der Waals surface area contributed by atoms with E-state index in [2.05, 4.69) is 10.6 Å². The second-order valence-electron chi connectivity index (χ2n) is 2.26. The van der Waals surface area contributed by atoms with Crippen LogP contribution in [0, 0.1) is 11.3 Å². The van der Waals surface area contributed by atoms with Crippen LogP contribution >= 0.6 is 0 Å². The number of hydrogen-bond donors (Lipinski definition) is 2. The van der Waals surface area contributed by atoms with Gasteiger partial charge in [0.1, 0.15) is 6.54 Å². The predicted molar refractivity (Wildman–Crippen MR) is 35.2 cm³/mol. The van der Waals surface area contributed by atoms with Gasteiger partial charge in [0.2, 0.25) is 0 Å². The summed E-state index contributed by atoms with van der Waals surface area (Å²) in [5, 5.41) is 13.2. The molecule has 1 fully saturated rings. The Morgan fingerprint density at radius 2 is 2.40 bits per heavy atom. The van der Waals surface area contributed by atoms with Gasteiger partial charge in [-0.15, -0.1) is 0 Å². The molecule has 10 heavy (non-hydrogen) atoms. The molecular weight excluding hydrogens is 130 g/mol. The Hall–Kier alpha value is -1.24. The van der Waals surface area contributed by atoms with Gasteiger partial charge in [0.05, 0.1) is 6.07 Å².